The Kier molecular flexibility index (Phi) is 6.39. The van der Waals surface area contributed by atoms with E-state index in [2.05, 4.69) is 22.2 Å². The Morgan fingerprint density at radius 1 is 1.26 bits per heavy atom. The van der Waals surface area contributed by atoms with Gasteiger partial charge in [0.2, 0.25) is 0 Å². The molecule has 1 N–H and O–H groups in total. The highest BCUT2D eigenvalue weighted by atomic mass is 32.1. The number of ether oxygens (including phenoxy) is 3. The maximum absolute atomic E-state index is 11.7. The first-order chi connectivity index (χ1) is 15.1. The quantitative estimate of drug-likeness (QED) is 0.593. The summed E-state index contributed by atoms with van der Waals surface area (Å²) < 4.78 is 18.6. The van der Waals surface area contributed by atoms with Gasteiger partial charge in [0.1, 0.15) is 11.5 Å². The molecule has 1 unspecified atom stereocenters. The third-order valence-corrected chi connectivity index (χ3v) is 5.71. The molecule has 1 aliphatic heterocycles. The number of benzene rings is 2. The number of thiazole rings is 1. The number of fused-ring (bicyclic) bond motifs is 1. The predicted octanol–water partition coefficient (Wildman–Crippen LogP) is 4.39. The Hall–Kier alpha value is -3.10. The lowest BCUT2D eigenvalue weighted by atomic mass is 10.1. The number of nitrogens with zero attached hydrogens (tertiary/aromatic N) is 2. The normalized spacial score (nSPS) is 14.5. The van der Waals surface area contributed by atoms with Crippen LogP contribution < -0.4 is 19.6 Å². The Bertz CT molecular complexity index is 1130. The highest BCUT2D eigenvalue weighted by molar-refractivity contribution is 7.07. The van der Waals surface area contributed by atoms with Gasteiger partial charge in [0, 0.05) is 18.1 Å². The minimum absolute atomic E-state index is 0.0424. The molecule has 3 aromatic rings. The van der Waals surface area contributed by atoms with Crippen LogP contribution in [0, 0.1) is 0 Å². The maximum atomic E-state index is 11.7. The van der Waals surface area contributed by atoms with Crippen molar-refractivity contribution in [3.8, 4) is 22.8 Å². The van der Waals surface area contributed by atoms with E-state index in [-0.39, 0.29) is 18.6 Å². The number of anilines is 1. The van der Waals surface area contributed by atoms with Gasteiger partial charge in [-0.15, -0.1) is 11.3 Å². The topological polar surface area (TPSA) is 74.1 Å². The van der Waals surface area contributed by atoms with Crippen molar-refractivity contribution < 1.29 is 19.0 Å². The van der Waals surface area contributed by atoms with Crippen LogP contribution in [0.1, 0.15) is 19.9 Å². The smallest absolute Gasteiger partial charge is 0.262 e. The second kappa shape index (κ2) is 9.36. The molecule has 0 bridgehead atoms. The number of rotatable bonds is 7. The van der Waals surface area contributed by atoms with E-state index in [9.17, 15) is 4.79 Å². The van der Waals surface area contributed by atoms with E-state index in [4.69, 9.17) is 19.2 Å². The van der Waals surface area contributed by atoms with Gasteiger partial charge in [-0.1, -0.05) is 0 Å². The van der Waals surface area contributed by atoms with Crippen LogP contribution in [0.3, 0.4) is 0 Å². The summed E-state index contributed by atoms with van der Waals surface area (Å²) in [5, 5.41) is 4.95. The summed E-state index contributed by atoms with van der Waals surface area (Å²) in [5.74, 6) is 1.35. The molecule has 1 aliphatic rings. The fraction of sp³-hybridized carbons (Fsp3) is 0.304. The van der Waals surface area contributed by atoms with Crippen molar-refractivity contribution in [1.29, 1.82) is 0 Å². The first kappa shape index (κ1) is 21.1. The number of hydrogen-bond donors (Lipinski definition) is 1. The molecular formula is C23H25N3O4S. The van der Waals surface area contributed by atoms with Gasteiger partial charge in [-0.2, -0.15) is 0 Å². The van der Waals surface area contributed by atoms with Gasteiger partial charge in [0.25, 0.3) is 5.91 Å². The van der Waals surface area contributed by atoms with Crippen molar-refractivity contribution in [3.63, 3.8) is 0 Å². The summed E-state index contributed by atoms with van der Waals surface area (Å²) in [6, 6.07) is 13.6. The average molecular weight is 440 g/mol. The first-order valence-corrected chi connectivity index (χ1v) is 11.0. The molecule has 0 aliphatic carbocycles. The van der Waals surface area contributed by atoms with E-state index in [1.165, 1.54) is 0 Å². The number of carbonyl (C=O) groups is 1. The van der Waals surface area contributed by atoms with E-state index in [0.29, 0.717) is 24.7 Å². The van der Waals surface area contributed by atoms with Crippen LogP contribution >= 0.6 is 11.3 Å². The first-order valence-electron chi connectivity index (χ1n) is 10.1. The zero-order valence-electron chi connectivity index (χ0n) is 17.8. The summed E-state index contributed by atoms with van der Waals surface area (Å²) in [7, 11) is 1.69. The lowest BCUT2D eigenvalue weighted by Crippen LogP contribution is -2.25. The molecule has 0 fully saturated rings. The van der Waals surface area contributed by atoms with Gasteiger partial charge in [0.15, 0.2) is 11.4 Å². The molecule has 4 rings (SSSR count). The van der Waals surface area contributed by atoms with Crippen LogP contribution in [0.25, 0.3) is 11.3 Å². The monoisotopic (exact) mass is 439 g/mol. The zero-order chi connectivity index (χ0) is 21.8. The Morgan fingerprint density at radius 3 is 2.81 bits per heavy atom. The molecular weight excluding hydrogens is 414 g/mol. The van der Waals surface area contributed by atoms with Crippen LogP contribution in [0.2, 0.25) is 0 Å². The molecule has 2 heterocycles. The maximum Gasteiger partial charge on any atom is 0.262 e. The second-order valence-corrected chi connectivity index (χ2v) is 8.00. The van der Waals surface area contributed by atoms with Gasteiger partial charge in [-0.05, 0) is 56.3 Å². The number of aromatic nitrogens is 1. The lowest BCUT2D eigenvalue weighted by molar-refractivity contribution is -0.118. The summed E-state index contributed by atoms with van der Waals surface area (Å²) in [6.07, 6.45) is 0. The van der Waals surface area contributed by atoms with E-state index in [1.807, 2.05) is 49.4 Å². The molecule has 7 nitrogen and oxygen atoms in total. The summed E-state index contributed by atoms with van der Waals surface area (Å²) in [4.78, 5) is 17.5. The van der Waals surface area contributed by atoms with Crippen molar-refractivity contribution >= 4 is 28.6 Å². The largest absolute Gasteiger partial charge is 0.494 e. The van der Waals surface area contributed by atoms with Gasteiger partial charge in [-0.25, -0.2) is 4.99 Å². The molecule has 0 saturated carbocycles. The van der Waals surface area contributed by atoms with Gasteiger partial charge in [-0.3, -0.25) is 4.79 Å². The van der Waals surface area contributed by atoms with Crippen LogP contribution in [-0.4, -0.2) is 37.4 Å². The van der Waals surface area contributed by atoms with Crippen molar-refractivity contribution in [1.82, 2.24) is 4.57 Å². The van der Waals surface area contributed by atoms with Crippen LogP contribution in [0.15, 0.2) is 52.8 Å². The molecule has 0 saturated heterocycles. The fourth-order valence-corrected chi connectivity index (χ4v) is 4.51. The SMILES string of the molecule is CCOc1ccc(N=c2scc(-c3ccc4c(c3)NC(=O)CO4)n2C(C)COC)cc1. The van der Waals surface area contributed by atoms with E-state index >= 15 is 0 Å². The van der Waals surface area contributed by atoms with E-state index in [1.54, 1.807) is 18.4 Å². The van der Waals surface area contributed by atoms with Gasteiger partial charge >= 0.3 is 0 Å². The minimum Gasteiger partial charge on any atom is -0.494 e. The number of hydrogen-bond acceptors (Lipinski definition) is 6. The zero-order valence-corrected chi connectivity index (χ0v) is 18.6. The molecule has 1 atom stereocenters. The summed E-state index contributed by atoms with van der Waals surface area (Å²) in [6.45, 7) is 5.28. The molecule has 162 valence electrons. The van der Waals surface area contributed by atoms with E-state index < -0.39 is 0 Å². The molecule has 1 aromatic heterocycles. The highest BCUT2D eigenvalue weighted by Gasteiger charge is 2.19. The second-order valence-electron chi connectivity index (χ2n) is 7.16. The summed E-state index contributed by atoms with van der Waals surface area (Å²) in [5.41, 5.74) is 3.50. The lowest BCUT2D eigenvalue weighted by Gasteiger charge is -2.20. The van der Waals surface area contributed by atoms with Crippen molar-refractivity contribution in [2.24, 2.45) is 4.99 Å². The van der Waals surface area contributed by atoms with Crippen molar-refractivity contribution in [3.05, 3.63) is 52.6 Å². The van der Waals surface area contributed by atoms with Crippen LogP contribution in [0.5, 0.6) is 11.5 Å². The molecule has 2 aromatic carbocycles. The Labute approximate surface area is 184 Å². The predicted molar refractivity (Wildman–Crippen MR) is 121 cm³/mol. The Balaban J connectivity index is 1.76. The molecule has 31 heavy (non-hydrogen) atoms. The Morgan fingerprint density at radius 2 is 2.06 bits per heavy atom. The highest BCUT2D eigenvalue weighted by Crippen LogP contribution is 2.33. The number of amides is 1. The molecule has 8 heteroatoms. The van der Waals surface area contributed by atoms with Crippen molar-refractivity contribution in [2.45, 2.75) is 19.9 Å². The minimum atomic E-state index is -0.151. The third-order valence-electron chi connectivity index (χ3n) is 4.87. The molecule has 0 radical (unpaired) electrons. The number of carbonyl (C=O) groups excluding carboxylic acids is 1. The van der Waals surface area contributed by atoms with E-state index in [0.717, 1.165) is 27.5 Å². The third kappa shape index (κ3) is 4.65. The number of nitrogens with one attached hydrogen (secondary N) is 1. The van der Waals surface area contributed by atoms with Crippen LogP contribution in [-0.2, 0) is 9.53 Å². The molecule has 1 amide bonds. The summed E-state index contributed by atoms with van der Waals surface area (Å²) >= 11 is 1.56. The standard InChI is InChI=1S/C23H25N3O4S/c1-4-29-18-8-6-17(7-9-18)24-23-26(15(2)12-28-3)20(14-31-23)16-5-10-21-19(11-16)25-22(27)13-30-21/h5-11,14-15H,4,12-13H2,1-3H3,(H,25,27). The number of methoxy groups -OCH3 is 1. The average Bonchev–Trinajstić information content (AvgIpc) is 3.18. The van der Waals surface area contributed by atoms with Crippen LogP contribution in [0.4, 0.5) is 11.4 Å². The van der Waals surface area contributed by atoms with Gasteiger partial charge in [0.05, 0.1) is 36.3 Å². The fourth-order valence-electron chi connectivity index (χ4n) is 3.49. The van der Waals surface area contributed by atoms with Gasteiger partial charge < -0.3 is 24.1 Å². The van der Waals surface area contributed by atoms with Crippen molar-refractivity contribution in [2.75, 3.05) is 32.2 Å². The molecule has 0 spiro atoms.